The molecule has 1 atom stereocenters. The summed E-state index contributed by atoms with van der Waals surface area (Å²) < 4.78 is 86.0. The van der Waals surface area contributed by atoms with Crippen LogP contribution in [0.5, 0.6) is 5.75 Å². The van der Waals surface area contributed by atoms with Gasteiger partial charge < -0.3 is 4.74 Å². The van der Waals surface area contributed by atoms with Gasteiger partial charge in [0.2, 0.25) is 21.7 Å². The van der Waals surface area contributed by atoms with Gasteiger partial charge in [-0.25, -0.2) is 17.2 Å². The summed E-state index contributed by atoms with van der Waals surface area (Å²) >= 11 is 0. The summed E-state index contributed by atoms with van der Waals surface area (Å²) in [6.45, 7) is 1.47. The van der Waals surface area contributed by atoms with Gasteiger partial charge in [-0.05, 0) is 12.5 Å². The Morgan fingerprint density at radius 1 is 0.960 bits per heavy atom. The molecule has 4 nitrogen and oxygen atoms in total. The normalized spacial score (nSPS) is 13.1. The number of ether oxygens (including phenoxy) is 1. The number of rotatable bonds is 5. The van der Waals surface area contributed by atoms with E-state index in [2.05, 4.69) is 4.74 Å². The molecule has 2 aromatic carbocycles. The number of sulfonamides is 1. The van der Waals surface area contributed by atoms with Crippen LogP contribution in [0.1, 0.15) is 18.5 Å². The molecule has 0 saturated heterocycles. The first-order chi connectivity index (χ1) is 11.6. The molecule has 0 spiro atoms. The first-order valence-electron chi connectivity index (χ1n) is 7.07. The standard InChI is InChI=1S/C16H15F4NO3S/c1-9(10-7-5-4-6-8-10)21(2)25(22,23)16-13(19)11(17)15(24-3)12(18)14(16)20/h4-9H,1-3H3. The molecule has 0 aromatic heterocycles. The van der Waals surface area contributed by atoms with Crippen molar-refractivity contribution in [3.05, 3.63) is 59.2 Å². The fourth-order valence-corrected chi connectivity index (χ4v) is 3.75. The molecule has 2 rings (SSSR count). The molecule has 0 aliphatic heterocycles. The van der Waals surface area contributed by atoms with Crippen molar-refractivity contribution in [2.45, 2.75) is 17.9 Å². The molecule has 9 heteroatoms. The quantitative estimate of drug-likeness (QED) is 0.591. The largest absolute Gasteiger partial charge is 0.491 e. The van der Waals surface area contributed by atoms with E-state index in [1.807, 2.05) is 0 Å². The highest BCUT2D eigenvalue weighted by Crippen LogP contribution is 2.35. The van der Waals surface area contributed by atoms with E-state index in [0.717, 1.165) is 14.2 Å². The first-order valence-corrected chi connectivity index (χ1v) is 8.51. The maximum Gasteiger partial charge on any atom is 0.249 e. The van der Waals surface area contributed by atoms with Gasteiger partial charge >= 0.3 is 0 Å². The predicted octanol–water partition coefficient (Wildman–Crippen LogP) is 3.63. The van der Waals surface area contributed by atoms with Crippen LogP contribution in [0.4, 0.5) is 17.6 Å². The van der Waals surface area contributed by atoms with E-state index in [4.69, 9.17) is 0 Å². The number of nitrogens with zero attached hydrogens (tertiary/aromatic N) is 1. The zero-order valence-corrected chi connectivity index (χ0v) is 14.4. The van der Waals surface area contributed by atoms with Crippen LogP contribution in [0, 0.1) is 23.3 Å². The number of hydrogen-bond acceptors (Lipinski definition) is 3. The number of halogens is 4. The molecule has 2 aromatic rings. The molecule has 0 heterocycles. The van der Waals surface area contributed by atoms with Crippen molar-refractivity contribution in [3.8, 4) is 5.75 Å². The number of methoxy groups -OCH3 is 1. The van der Waals surface area contributed by atoms with E-state index in [9.17, 15) is 26.0 Å². The van der Waals surface area contributed by atoms with E-state index >= 15 is 0 Å². The van der Waals surface area contributed by atoms with Crippen molar-refractivity contribution in [2.24, 2.45) is 0 Å². The highest BCUT2D eigenvalue weighted by Gasteiger charge is 2.37. The average Bonchev–Trinajstić information content (AvgIpc) is 2.60. The molecule has 1 unspecified atom stereocenters. The Balaban J connectivity index is 2.61. The molecular weight excluding hydrogens is 362 g/mol. The maximum absolute atomic E-state index is 14.1. The highest BCUT2D eigenvalue weighted by molar-refractivity contribution is 7.89. The Kier molecular flexibility index (Phi) is 5.38. The van der Waals surface area contributed by atoms with Gasteiger partial charge in [0, 0.05) is 13.1 Å². The van der Waals surface area contributed by atoms with E-state index < -0.39 is 50.0 Å². The zero-order valence-electron chi connectivity index (χ0n) is 13.6. The molecule has 0 aliphatic rings. The topological polar surface area (TPSA) is 46.6 Å². The van der Waals surface area contributed by atoms with Gasteiger partial charge in [0.15, 0.2) is 22.3 Å². The Morgan fingerprint density at radius 3 is 1.88 bits per heavy atom. The van der Waals surface area contributed by atoms with Crippen LogP contribution in [0.15, 0.2) is 35.2 Å². The second-order valence-electron chi connectivity index (χ2n) is 5.23. The lowest BCUT2D eigenvalue weighted by molar-refractivity contribution is 0.318. The summed E-state index contributed by atoms with van der Waals surface area (Å²) in [4.78, 5) is -1.70. The fourth-order valence-electron chi connectivity index (χ4n) is 2.29. The van der Waals surface area contributed by atoms with Crippen molar-refractivity contribution in [1.82, 2.24) is 4.31 Å². The molecule has 25 heavy (non-hydrogen) atoms. The lowest BCUT2D eigenvalue weighted by Crippen LogP contribution is -2.31. The van der Waals surface area contributed by atoms with E-state index in [1.165, 1.54) is 6.92 Å². The summed E-state index contributed by atoms with van der Waals surface area (Å²) in [5.41, 5.74) is 0.531. The van der Waals surface area contributed by atoms with Gasteiger partial charge in [-0.1, -0.05) is 30.3 Å². The van der Waals surface area contributed by atoms with Crippen molar-refractivity contribution >= 4 is 10.0 Å². The Bertz CT molecular complexity index is 859. The highest BCUT2D eigenvalue weighted by atomic mass is 32.2. The van der Waals surface area contributed by atoms with Crippen LogP contribution in [-0.4, -0.2) is 26.9 Å². The third-order valence-electron chi connectivity index (χ3n) is 3.85. The van der Waals surface area contributed by atoms with Crippen LogP contribution in [0.3, 0.4) is 0 Å². The number of benzene rings is 2. The summed E-state index contributed by atoms with van der Waals surface area (Å²) in [6.07, 6.45) is 0. The van der Waals surface area contributed by atoms with Gasteiger partial charge in [0.1, 0.15) is 0 Å². The molecule has 0 bridgehead atoms. The lowest BCUT2D eigenvalue weighted by Gasteiger charge is -2.25. The van der Waals surface area contributed by atoms with Crippen LogP contribution < -0.4 is 4.74 Å². The predicted molar refractivity (Wildman–Crippen MR) is 82.6 cm³/mol. The second-order valence-corrected chi connectivity index (χ2v) is 7.16. The monoisotopic (exact) mass is 377 g/mol. The molecule has 0 radical (unpaired) electrons. The molecule has 0 N–H and O–H groups in total. The smallest absolute Gasteiger partial charge is 0.249 e. The van der Waals surface area contributed by atoms with Gasteiger partial charge in [-0.2, -0.15) is 13.1 Å². The molecule has 136 valence electrons. The minimum absolute atomic E-state index is 0.531. The molecule has 0 saturated carbocycles. The van der Waals surface area contributed by atoms with Crippen LogP contribution >= 0.6 is 0 Å². The summed E-state index contributed by atoms with van der Waals surface area (Å²) in [5, 5.41) is 0. The van der Waals surface area contributed by atoms with Crippen LogP contribution in [0.25, 0.3) is 0 Å². The third-order valence-corrected chi connectivity index (χ3v) is 5.80. The molecular formula is C16H15F4NO3S. The average molecular weight is 377 g/mol. The first kappa shape index (κ1) is 19.2. The van der Waals surface area contributed by atoms with Crippen LogP contribution in [0.2, 0.25) is 0 Å². The zero-order chi connectivity index (χ0) is 18.9. The van der Waals surface area contributed by atoms with E-state index in [1.54, 1.807) is 30.3 Å². The minimum atomic E-state index is -4.87. The molecule has 0 fully saturated rings. The lowest BCUT2D eigenvalue weighted by atomic mass is 10.1. The van der Waals surface area contributed by atoms with Gasteiger partial charge in [0.05, 0.1) is 7.11 Å². The summed E-state index contributed by atoms with van der Waals surface area (Å²) in [6, 6.07) is 7.40. The van der Waals surface area contributed by atoms with Crippen molar-refractivity contribution < 1.29 is 30.7 Å². The van der Waals surface area contributed by atoms with Gasteiger partial charge in [0.25, 0.3) is 0 Å². The minimum Gasteiger partial charge on any atom is -0.491 e. The summed E-state index contributed by atoms with van der Waals surface area (Å²) in [7, 11) is -3.00. The van der Waals surface area contributed by atoms with Crippen molar-refractivity contribution in [3.63, 3.8) is 0 Å². The summed E-state index contributed by atoms with van der Waals surface area (Å²) in [5.74, 6) is -9.24. The molecule has 0 amide bonds. The molecule has 0 aliphatic carbocycles. The Hall–Kier alpha value is -2.13. The van der Waals surface area contributed by atoms with E-state index in [-0.39, 0.29) is 0 Å². The van der Waals surface area contributed by atoms with E-state index in [0.29, 0.717) is 9.87 Å². The van der Waals surface area contributed by atoms with Crippen molar-refractivity contribution in [2.75, 3.05) is 14.2 Å². The maximum atomic E-state index is 14.1. The SMILES string of the molecule is COc1c(F)c(F)c(S(=O)(=O)N(C)C(C)c2ccccc2)c(F)c1F. The third kappa shape index (κ3) is 3.21. The van der Waals surface area contributed by atoms with Gasteiger partial charge in [-0.3, -0.25) is 0 Å². The van der Waals surface area contributed by atoms with Gasteiger partial charge in [-0.15, -0.1) is 0 Å². The Morgan fingerprint density at radius 2 is 1.44 bits per heavy atom. The van der Waals surface area contributed by atoms with Crippen molar-refractivity contribution in [1.29, 1.82) is 0 Å². The second kappa shape index (κ2) is 7.01. The van der Waals surface area contributed by atoms with Crippen LogP contribution in [-0.2, 0) is 10.0 Å². The fraction of sp³-hybridized carbons (Fsp3) is 0.250. The number of hydrogen-bond donors (Lipinski definition) is 0. The Labute approximate surface area is 142 Å².